The fraction of sp³-hybridized carbons (Fsp3) is 0.545. The molecule has 1 fully saturated rings. The van der Waals surface area contributed by atoms with Crippen LogP contribution in [-0.2, 0) is 0 Å². The van der Waals surface area contributed by atoms with Crippen LogP contribution in [0, 0.1) is 11.7 Å². The lowest BCUT2D eigenvalue weighted by Crippen LogP contribution is -2.44. The molecule has 82 valence electrons. The molecule has 1 saturated carbocycles. The Morgan fingerprint density at radius 2 is 2.33 bits per heavy atom. The Morgan fingerprint density at radius 1 is 1.60 bits per heavy atom. The normalized spacial score (nSPS) is 19.7. The summed E-state index contributed by atoms with van der Waals surface area (Å²) in [5, 5.41) is 3.29. The van der Waals surface area contributed by atoms with E-state index in [0.717, 1.165) is 0 Å². The minimum Gasteiger partial charge on any atom is -0.363 e. The van der Waals surface area contributed by atoms with Gasteiger partial charge in [0.1, 0.15) is 11.6 Å². The van der Waals surface area contributed by atoms with Crippen molar-refractivity contribution in [3.8, 4) is 0 Å². The van der Waals surface area contributed by atoms with E-state index >= 15 is 0 Å². The molecule has 0 bridgehead atoms. The van der Waals surface area contributed by atoms with Gasteiger partial charge >= 0.3 is 0 Å². The van der Waals surface area contributed by atoms with E-state index in [4.69, 9.17) is 5.73 Å². The molecule has 0 saturated heterocycles. The number of rotatable bonds is 4. The second-order valence-electron chi connectivity index (χ2n) is 4.38. The van der Waals surface area contributed by atoms with E-state index in [-0.39, 0.29) is 11.4 Å². The summed E-state index contributed by atoms with van der Waals surface area (Å²) in [6, 6.07) is 3.05. The number of pyridine rings is 1. The fourth-order valence-corrected chi connectivity index (χ4v) is 1.78. The highest BCUT2D eigenvalue weighted by Crippen LogP contribution is 2.40. The molecule has 3 nitrogen and oxygen atoms in total. The van der Waals surface area contributed by atoms with Gasteiger partial charge in [-0.15, -0.1) is 0 Å². The maximum atomic E-state index is 12.7. The SMILES string of the molecule is CC(CN)(Nc1ccc(F)cn1)C1CC1. The first-order valence-electron chi connectivity index (χ1n) is 5.24. The van der Waals surface area contributed by atoms with Gasteiger partial charge in [0.15, 0.2) is 0 Å². The van der Waals surface area contributed by atoms with E-state index in [1.807, 2.05) is 0 Å². The lowest BCUT2D eigenvalue weighted by Gasteiger charge is -2.30. The fourth-order valence-electron chi connectivity index (χ4n) is 1.78. The van der Waals surface area contributed by atoms with E-state index in [2.05, 4.69) is 17.2 Å². The molecular formula is C11H16FN3. The van der Waals surface area contributed by atoms with Gasteiger partial charge in [-0.2, -0.15) is 0 Å². The predicted octanol–water partition coefficient (Wildman–Crippen LogP) is 1.76. The largest absolute Gasteiger partial charge is 0.363 e. The number of hydrogen-bond acceptors (Lipinski definition) is 3. The quantitative estimate of drug-likeness (QED) is 0.794. The summed E-state index contributed by atoms with van der Waals surface area (Å²) in [6.45, 7) is 2.66. The van der Waals surface area contributed by atoms with E-state index < -0.39 is 0 Å². The Bertz CT molecular complexity index is 334. The van der Waals surface area contributed by atoms with Crippen LogP contribution in [0.1, 0.15) is 19.8 Å². The molecule has 0 aromatic carbocycles. The summed E-state index contributed by atoms with van der Waals surface area (Å²) in [6.07, 6.45) is 3.63. The van der Waals surface area contributed by atoms with Gasteiger partial charge in [-0.1, -0.05) is 0 Å². The molecule has 1 aromatic heterocycles. The molecule has 1 aliphatic carbocycles. The average molecular weight is 209 g/mol. The first-order valence-corrected chi connectivity index (χ1v) is 5.24. The standard InChI is InChI=1S/C11H16FN3/c1-11(7-13,8-2-3-8)15-10-5-4-9(12)6-14-10/h4-6,8H,2-3,7,13H2,1H3,(H,14,15). The third-order valence-electron chi connectivity index (χ3n) is 3.04. The molecule has 1 heterocycles. The Morgan fingerprint density at radius 3 is 2.80 bits per heavy atom. The van der Waals surface area contributed by atoms with Gasteiger partial charge in [0.25, 0.3) is 0 Å². The van der Waals surface area contributed by atoms with Gasteiger partial charge in [0, 0.05) is 6.54 Å². The van der Waals surface area contributed by atoms with E-state index in [1.54, 1.807) is 6.07 Å². The molecule has 4 heteroatoms. The van der Waals surface area contributed by atoms with Crippen LogP contribution >= 0.6 is 0 Å². The van der Waals surface area contributed by atoms with Gasteiger partial charge in [0.2, 0.25) is 0 Å². The summed E-state index contributed by atoms with van der Waals surface area (Å²) < 4.78 is 12.7. The van der Waals surface area contributed by atoms with Gasteiger partial charge in [-0.05, 0) is 37.8 Å². The summed E-state index contributed by atoms with van der Waals surface area (Å²) in [5.74, 6) is 0.993. The molecule has 2 rings (SSSR count). The van der Waals surface area contributed by atoms with Gasteiger partial charge in [-0.3, -0.25) is 0 Å². The van der Waals surface area contributed by atoms with Crippen molar-refractivity contribution in [2.45, 2.75) is 25.3 Å². The minimum atomic E-state index is -0.318. The van der Waals surface area contributed by atoms with E-state index in [1.165, 1.54) is 25.1 Å². The Balaban J connectivity index is 2.09. The maximum Gasteiger partial charge on any atom is 0.141 e. The molecule has 0 aliphatic heterocycles. The van der Waals surface area contributed by atoms with Crippen molar-refractivity contribution in [2.75, 3.05) is 11.9 Å². The maximum absolute atomic E-state index is 12.7. The molecule has 0 amide bonds. The molecule has 0 radical (unpaired) electrons. The van der Waals surface area contributed by atoms with Crippen molar-refractivity contribution >= 4 is 5.82 Å². The van der Waals surface area contributed by atoms with Crippen LogP contribution in [0.15, 0.2) is 18.3 Å². The van der Waals surface area contributed by atoms with Crippen molar-refractivity contribution in [1.82, 2.24) is 4.98 Å². The van der Waals surface area contributed by atoms with Gasteiger partial charge in [-0.25, -0.2) is 9.37 Å². The van der Waals surface area contributed by atoms with E-state index in [9.17, 15) is 4.39 Å². The molecule has 1 unspecified atom stereocenters. The molecule has 15 heavy (non-hydrogen) atoms. The smallest absolute Gasteiger partial charge is 0.141 e. The number of hydrogen-bond donors (Lipinski definition) is 2. The van der Waals surface area contributed by atoms with Crippen LogP contribution in [0.4, 0.5) is 10.2 Å². The van der Waals surface area contributed by atoms with Crippen LogP contribution in [-0.4, -0.2) is 17.1 Å². The van der Waals surface area contributed by atoms with Gasteiger partial charge < -0.3 is 11.1 Å². The van der Waals surface area contributed by atoms with Crippen LogP contribution in [0.2, 0.25) is 0 Å². The highest BCUT2D eigenvalue weighted by molar-refractivity contribution is 5.38. The zero-order valence-corrected chi connectivity index (χ0v) is 8.83. The number of anilines is 1. The van der Waals surface area contributed by atoms with Crippen molar-refractivity contribution in [3.63, 3.8) is 0 Å². The average Bonchev–Trinajstić information content (AvgIpc) is 3.05. The van der Waals surface area contributed by atoms with Crippen LogP contribution in [0.3, 0.4) is 0 Å². The zero-order valence-electron chi connectivity index (χ0n) is 8.83. The number of halogens is 1. The topological polar surface area (TPSA) is 50.9 Å². The third-order valence-corrected chi connectivity index (χ3v) is 3.04. The highest BCUT2D eigenvalue weighted by atomic mass is 19.1. The van der Waals surface area contributed by atoms with Crippen LogP contribution in [0.25, 0.3) is 0 Å². The monoisotopic (exact) mass is 209 g/mol. The molecule has 1 aromatic rings. The van der Waals surface area contributed by atoms with Crippen molar-refractivity contribution in [3.05, 3.63) is 24.1 Å². The first kappa shape index (κ1) is 10.4. The predicted molar refractivity (Wildman–Crippen MR) is 58.0 cm³/mol. The summed E-state index contributed by atoms with van der Waals surface area (Å²) >= 11 is 0. The van der Waals surface area contributed by atoms with Crippen molar-refractivity contribution in [2.24, 2.45) is 11.7 Å². The third kappa shape index (κ3) is 2.26. The first-order chi connectivity index (χ1) is 7.14. The molecule has 3 N–H and O–H groups in total. The second-order valence-corrected chi connectivity index (χ2v) is 4.38. The second kappa shape index (κ2) is 3.77. The molecular weight excluding hydrogens is 193 g/mol. The Kier molecular flexibility index (Phi) is 2.61. The Hall–Kier alpha value is -1.16. The number of aromatic nitrogens is 1. The molecule has 1 atom stereocenters. The summed E-state index contributed by atoms with van der Waals surface area (Å²) in [4.78, 5) is 3.98. The number of nitrogens with two attached hydrogens (primary N) is 1. The van der Waals surface area contributed by atoms with Crippen LogP contribution in [0.5, 0.6) is 0 Å². The van der Waals surface area contributed by atoms with Crippen molar-refractivity contribution < 1.29 is 4.39 Å². The minimum absolute atomic E-state index is 0.106. The number of nitrogens with one attached hydrogen (secondary N) is 1. The molecule has 1 aliphatic rings. The van der Waals surface area contributed by atoms with Crippen LogP contribution < -0.4 is 11.1 Å². The van der Waals surface area contributed by atoms with Crippen molar-refractivity contribution in [1.29, 1.82) is 0 Å². The lowest BCUT2D eigenvalue weighted by atomic mass is 9.96. The number of nitrogens with zero attached hydrogens (tertiary/aromatic N) is 1. The summed E-state index contributed by atoms with van der Waals surface area (Å²) in [5.41, 5.74) is 5.66. The Labute approximate surface area is 88.9 Å². The van der Waals surface area contributed by atoms with Gasteiger partial charge in [0.05, 0.1) is 11.7 Å². The van der Waals surface area contributed by atoms with E-state index in [0.29, 0.717) is 18.3 Å². The highest BCUT2D eigenvalue weighted by Gasteiger charge is 2.40. The lowest BCUT2D eigenvalue weighted by molar-refractivity contribution is 0.457. The zero-order chi connectivity index (χ0) is 10.9. The molecule has 0 spiro atoms. The summed E-state index contributed by atoms with van der Waals surface area (Å²) in [7, 11) is 0.